The normalized spacial score (nSPS) is 15.1. The first-order valence-corrected chi connectivity index (χ1v) is 6.55. The Morgan fingerprint density at radius 2 is 2.21 bits per heavy atom. The summed E-state index contributed by atoms with van der Waals surface area (Å²) in [6.45, 7) is 0. The van der Waals surface area contributed by atoms with Crippen LogP contribution < -0.4 is 15.6 Å². The van der Waals surface area contributed by atoms with Crippen LogP contribution in [-0.4, -0.2) is 18.0 Å². The smallest absolute Gasteiger partial charge is 0.265 e. The van der Waals surface area contributed by atoms with Gasteiger partial charge in [-0.25, -0.2) is 4.98 Å². The summed E-state index contributed by atoms with van der Waals surface area (Å²) >= 11 is 0. The van der Waals surface area contributed by atoms with Crippen LogP contribution in [0.1, 0.15) is 32.1 Å². The molecule has 1 aromatic rings. The Labute approximate surface area is 113 Å². The van der Waals surface area contributed by atoms with Gasteiger partial charge in [0.15, 0.2) is 0 Å². The summed E-state index contributed by atoms with van der Waals surface area (Å²) < 4.78 is 5.02. The van der Waals surface area contributed by atoms with Crippen molar-refractivity contribution >= 4 is 11.7 Å². The Morgan fingerprint density at radius 3 is 2.95 bits per heavy atom. The average Bonchev–Trinajstić information content (AvgIpc) is 2.74. The van der Waals surface area contributed by atoms with E-state index in [1.807, 2.05) is 6.08 Å². The molecule has 0 radical (unpaired) electrons. The number of carbonyl (C=O) groups excluding carboxylic acids is 1. The van der Waals surface area contributed by atoms with Crippen molar-refractivity contribution in [3.05, 3.63) is 30.0 Å². The zero-order valence-electron chi connectivity index (χ0n) is 11.1. The molecule has 0 fully saturated rings. The molecule has 1 amide bonds. The van der Waals surface area contributed by atoms with Crippen LogP contribution in [0.25, 0.3) is 0 Å². The second-order valence-electron chi connectivity index (χ2n) is 4.49. The molecule has 1 aromatic heterocycles. The van der Waals surface area contributed by atoms with Gasteiger partial charge in [-0.3, -0.25) is 15.6 Å². The van der Waals surface area contributed by atoms with Crippen molar-refractivity contribution in [1.82, 2.24) is 10.4 Å². The number of amides is 1. The van der Waals surface area contributed by atoms with Gasteiger partial charge in [0, 0.05) is 5.57 Å². The van der Waals surface area contributed by atoms with Crippen molar-refractivity contribution in [1.29, 1.82) is 0 Å². The number of nitrogens with zero attached hydrogens (tertiary/aromatic N) is 1. The van der Waals surface area contributed by atoms with Crippen molar-refractivity contribution in [2.24, 2.45) is 0 Å². The Balaban J connectivity index is 1.86. The van der Waals surface area contributed by atoms with Crippen molar-refractivity contribution in [2.75, 3.05) is 12.5 Å². The number of ether oxygens (including phenoxy) is 1. The van der Waals surface area contributed by atoms with E-state index in [9.17, 15) is 4.79 Å². The number of hydrazine groups is 1. The molecule has 0 aromatic carbocycles. The lowest BCUT2D eigenvalue weighted by molar-refractivity contribution is -0.117. The molecule has 2 N–H and O–H groups in total. The summed E-state index contributed by atoms with van der Waals surface area (Å²) in [7, 11) is 1.59. The molecule has 1 aliphatic rings. The highest BCUT2D eigenvalue weighted by atomic mass is 16.5. The highest BCUT2D eigenvalue weighted by molar-refractivity contribution is 5.94. The first-order chi connectivity index (χ1) is 9.29. The number of rotatable bonds is 4. The van der Waals surface area contributed by atoms with Crippen LogP contribution in [0.3, 0.4) is 0 Å². The van der Waals surface area contributed by atoms with Crippen molar-refractivity contribution in [2.45, 2.75) is 32.1 Å². The van der Waals surface area contributed by atoms with Gasteiger partial charge in [0.25, 0.3) is 5.91 Å². The second kappa shape index (κ2) is 6.78. The Kier molecular flexibility index (Phi) is 4.78. The predicted molar refractivity (Wildman–Crippen MR) is 73.7 cm³/mol. The lowest BCUT2D eigenvalue weighted by atomic mass is 10.1. The maximum Gasteiger partial charge on any atom is 0.265 e. The van der Waals surface area contributed by atoms with Crippen molar-refractivity contribution in [3.8, 4) is 5.75 Å². The number of aromatic nitrogens is 1. The lowest BCUT2D eigenvalue weighted by Gasteiger charge is -2.09. The van der Waals surface area contributed by atoms with Gasteiger partial charge < -0.3 is 4.74 Å². The molecule has 5 nitrogen and oxygen atoms in total. The minimum absolute atomic E-state index is 0.0699. The van der Waals surface area contributed by atoms with Gasteiger partial charge in [-0.2, -0.15) is 0 Å². The van der Waals surface area contributed by atoms with Crippen LogP contribution >= 0.6 is 0 Å². The third-order valence-corrected chi connectivity index (χ3v) is 3.11. The van der Waals surface area contributed by atoms with Crippen LogP contribution in [0.5, 0.6) is 5.75 Å². The molecule has 0 spiro atoms. The fourth-order valence-corrected chi connectivity index (χ4v) is 2.00. The highest BCUT2D eigenvalue weighted by Crippen LogP contribution is 2.17. The highest BCUT2D eigenvalue weighted by Gasteiger charge is 2.11. The molecular formula is C14H19N3O2. The number of allylic oxidation sites excluding steroid dienone is 1. The molecule has 1 heterocycles. The summed E-state index contributed by atoms with van der Waals surface area (Å²) in [6, 6.07) is 3.53. The fourth-order valence-electron chi connectivity index (χ4n) is 2.00. The van der Waals surface area contributed by atoms with Gasteiger partial charge in [-0.1, -0.05) is 12.5 Å². The van der Waals surface area contributed by atoms with E-state index < -0.39 is 0 Å². The molecule has 0 saturated heterocycles. The number of hydrogen-bond donors (Lipinski definition) is 2. The fraction of sp³-hybridized carbons (Fsp3) is 0.429. The van der Waals surface area contributed by atoms with E-state index in [0.717, 1.165) is 24.8 Å². The maximum atomic E-state index is 12.0. The molecule has 2 rings (SSSR count). The zero-order chi connectivity index (χ0) is 13.5. The van der Waals surface area contributed by atoms with Gasteiger partial charge in [0.1, 0.15) is 11.6 Å². The molecule has 19 heavy (non-hydrogen) atoms. The standard InChI is InChI=1S/C14H19N3O2/c1-19-12-8-9-13(15-10-12)16-17-14(18)11-6-4-2-3-5-7-11/h6,8-10H,2-5,7H2,1H3,(H,15,16)(H,17,18). The topological polar surface area (TPSA) is 63.2 Å². The van der Waals surface area contributed by atoms with E-state index >= 15 is 0 Å². The molecule has 0 saturated carbocycles. The summed E-state index contributed by atoms with van der Waals surface area (Å²) in [5.41, 5.74) is 6.34. The zero-order valence-corrected chi connectivity index (χ0v) is 11.1. The number of anilines is 1. The predicted octanol–water partition coefficient (Wildman–Crippen LogP) is 2.42. The molecule has 0 unspecified atom stereocenters. The second-order valence-corrected chi connectivity index (χ2v) is 4.49. The van der Waals surface area contributed by atoms with Crippen LogP contribution in [0.4, 0.5) is 5.82 Å². The summed E-state index contributed by atoms with van der Waals surface area (Å²) in [6.07, 6.45) is 8.92. The minimum atomic E-state index is -0.0699. The Morgan fingerprint density at radius 1 is 1.32 bits per heavy atom. The molecule has 5 heteroatoms. The Bertz CT molecular complexity index is 454. The molecular weight excluding hydrogens is 242 g/mol. The maximum absolute atomic E-state index is 12.0. The van der Waals surface area contributed by atoms with E-state index in [-0.39, 0.29) is 5.91 Å². The molecule has 102 valence electrons. The van der Waals surface area contributed by atoms with Gasteiger partial charge in [0.2, 0.25) is 0 Å². The van der Waals surface area contributed by atoms with Crippen molar-refractivity contribution in [3.63, 3.8) is 0 Å². The van der Waals surface area contributed by atoms with E-state index in [1.54, 1.807) is 25.4 Å². The van der Waals surface area contributed by atoms with Crippen LogP contribution in [0.2, 0.25) is 0 Å². The van der Waals surface area contributed by atoms with Crippen LogP contribution in [0.15, 0.2) is 30.0 Å². The van der Waals surface area contributed by atoms with Crippen LogP contribution in [0, 0.1) is 0 Å². The van der Waals surface area contributed by atoms with E-state index in [0.29, 0.717) is 11.6 Å². The van der Waals surface area contributed by atoms with E-state index in [4.69, 9.17) is 4.74 Å². The summed E-state index contributed by atoms with van der Waals surface area (Å²) in [5, 5.41) is 0. The van der Waals surface area contributed by atoms with Gasteiger partial charge in [0.05, 0.1) is 13.3 Å². The van der Waals surface area contributed by atoms with Gasteiger partial charge in [-0.05, 0) is 37.8 Å². The average molecular weight is 261 g/mol. The third-order valence-electron chi connectivity index (χ3n) is 3.11. The van der Waals surface area contributed by atoms with Gasteiger partial charge in [-0.15, -0.1) is 0 Å². The van der Waals surface area contributed by atoms with E-state index in [2.05, 4.69) is 15.8 Å². The molecule has 0 aliphatic heterocycles. The monoisotopic (exact) mass is 261 g/mol. The largest absolute Gasteiger partial charge is 0.495 e. The van der Waals surface area contributed by atoms with E-state index in [1.165, 1.54) is 12.8 Å². The summed E-state index contributed by atoms with van der Waals surface area (Å²) in [4.78, 5) is 16.1. The summed E-state index contributed by atoms with van der Waals surface area (Å²) in [5.74, 6) is 1.20. The molecule has 0 atom stereocenters. The first kappa shape index (κ1) is 13.4. The molecule has 1 aliphatic carbocycles. The number of hydrogen-bond acceptors (Lipinski definition) is 4. The molecule has 0 bridgehead atoms. The third kappa shape index (κ3) is 3.98. The quantitative estimate of drug-likeness (QED) is 0.817. The first-order valence-electron chi connectivity index (χ1n) is 6.55. The SMILES string of the molecule is COc1ccc(NNC(=O)C2=CCCCCC2)nc1. The van der Waals surface area contributed by atoms with Gasteiger partial charge >= 0.3 is 0 Å². The van der Waals surface area contributed by atoms with Crippen molar-refractivity contribution < 1.29 is 9.53 Å². The minimum Gasteiger partial charge on any atom is -0.495 e. The number of methoxy groups -OCH3 is 1. The lowest BCUT2D eigenvalue weighted by Crippen LogP contribution is -2.31. The number of nitrogens with one attached hydrogen (secondary N) is 2. The number of carbonyl (C=O) groups is 1. The van der Waals surface area contributed by atoms with Crippen LogP contribution in [-0.2, 0) is 4.79 Å². The Hall–Kier alpha value is -2.04. The number of pyridine rings is 1.